The SMILES string of the molecule is CCC(O)(c1ccc(N2CC[C@@H](Cc3ccccc3N3CCN(C)CC3)C2=O)cn1)C(C)C. The van der Waals surface area contributed by atoms with Crippen molar-refractivity contribution in [2.75, 3.05) is 49.6 Å². The van der Waals surface area contributed by atoms with Crippen molar-refractivity contribution in [3.63, 3.8) is 0 Å². The summed E-state index contributed by atoms with van der Waals surface area (Å²) in [4.78, 5) is 24.6. The lowest BCUT2D eigenvalue weighted by Gasteiger charge is -2.35. The highest BCUT2D eigenvalue weighted by molar-refractivity contribution is 5.97. The van der Waals surface area contributed by atoms with Gasteiger partial charge < -0.3 is 19.8 Å². The first kappa shape index (κ1) is 23.7. The standard InChI is InChI=1S/C27H38N4O2/c1-5-27(33,20(2)3)25-11-10-23(19-28-25)31-13-12-22(26(31)32)18-21-8-6-7-9-24(21)30-16-14-29(4)15-17-30/h6-11,19-20,22,33H,5,12-18H2,1-4H3/t22-,27?/m0/s1. The maximum absolute atomic E-state index is 13.3. The third-order valence-electron chi connectivity index (χ3n) is 7.62. The lowest BCUT2D eigenvalue weighted by molar-refractivity contribution is -0.120. The van der Waals surface area contributed by atoms with Crippen LogP contribution < -0.4 is 9.80 Å². The number of carbonyl (C=O) groups excluding carboxylic acids is 1. The molecule has 1 N–H and O–H groups in total. The van der Waals surface area contributed by atoms with E-state index in [1.807, 2.05) is 37.8 Å². The number of benzene rings is 1. The van der Waals surface area contributed by atoms with Crippen LogP contribution in [0, 0.1) is 11.8 Å². The number of anilines is 2. The summed E-state index contributed by atoms with van der Waals surface area (Å²) in [5.74, 6) is 0.230. The van der Waals surface area contributed by atoms with Crippen molar-refractivity contribution in [3.8, 4) is 0 Å². The van der Waals surface area contributed by atoms with E-state index in [0.717, 1.165) is 44.7 Å². The summed E-state index contributed by atoms with van der Waals surface area (Å²) in [5, 5.41) is 11.0. The summed E-state index contributed by atoms with van der Waals surface area (Å²) >= 11 is 0. The zero-order valence-electron chi connectivity index (χ0n) is 20.5. The van der Waals surface area contributed by atoms with Gasteiger partial charge in [-0.3, -0.25) is 9.78 Å². The number of rotatable bonds is 7. The fraction of sp³-hybridized carbons (Fsp3) is 0.556. The number of hydrogen-bond acceptors (Lipinski definition) is 5. The first-order valence-corrected chi connectivity index (χ1v) is 12.3. The maximum Gasteiger partial charge on any atom is 0.230 e. The molecule has 3 heterocycles. The molecule has 2 atom stereocenters. The molecule has 0 bridgehead atoms. The van der Waals surface area contributed by atoms with Crippen LogP contribution in [0.15, 0.2) is 42.6 Å². The lowest BCUT2D eigenvalue weighted by Crippen LogP contribution is -2.44. The summed E-state index contributed by atoms with van der Waals surface area (Å²) < 4.78 is 0. The van der Waals surface area contributed by atoms with Crippen LogP contribution in [0.25, 0.3) is 0 Å². The Morgan fingerprint density at radius 3 is 2.45 bits per heavy atom. The normalized spacial score (nSPS) is 21.6. The van der Waals surface area contributed by atoms with Gasteiger partial charge in [0, 0.05) is 44.3 Å². The molecular formula is C27H38N4O2. The average Bonchev–Trinajstić information content (AvgIpc) is 3.19. The van der Waals surface area contributed by atoms with E-state index in [9.17, 15) is 9.90 Å². The van der Waals surface area contributed by atoms with Crippen molar-refractivity contribution in [2.24, 2.45) is 11.8 Å². The van der Waals surface area contributed by atoms with E-state index in [2.05, 4.69) is 46.1 Å². The molecule has 2 aliphatic heterocycles. The molecule has 0 radical (unpaired) electrons. The quantitative estimate of drug-likeness (QED) is 0.697. The van der Waals surface area contributed by atoms with Crippen molar-refractivity contribution >= 4 is 17.3 Å². The molecule has 0 spiro atoms. The van der Waals surface area contributed by atoms with Gasteiger partial charge in [-0.1, -0.05) is 39.0 Å². The largest absolute Gasteiger partial charge is 0.383 e. The molecule has 2 saturated heterocycles. The van der Waals surface area contributed by atoms with E-state index in [4.69, 9.17) is 0 Å². The fourth-order valence-electron chi connectivity index (χ4n) is 5.18. The van der Waals surface area contributed by atoms with Crippen LogP contribution in [0.5, 0.6) is 0 Å². The van der Waals surface area contributed by atoms with E-state index < -0.39 is 5.60 Å². The van der Waals surface area contributed by atoms with Crippen LogP contribution in [0.2, 0.25) is 0 Å². The van der Waals surface area contributed by atoms with E-state index in [1.54, 1.807) is 6.20 Å². The van der Waals surface area contributed by atoms with Gasteiger partial charge in [0.25, 0.3) is 0 Å². The van der Waals surface area contributed by atoms with Crippen molar-refractivity contribution in [1.29, 1.82) is 0 Å². The second kappa shape index (κ2) is 9.82. The molecule has 178 valence electrons. The third kappa shape index (κ3) is 4.78. The fourth-order valence-corrected chi connectivity index (χ4v) is 5.18. The molecular weight excluding hydrogens is 412 g/mol. The Morgan fingerprint density at radius 1 is 1.09 bits per heavy atom. The second-order valence-corrected chi connectivity index (χ2v) is 9.93. The molecule has 2 fully saturated rings. The summed E-state index contributed by atoms with van der Waals surface area (Å²) in [6.07, 6.45) is 3.97. The molecule has 6 nitrogen and oxygen atoms in total. The number of hydrogen-bond donors (Lipinski definition) is 1. The molecule has 2 aliphatic rings. The third-order valence-corrected chi connectivity index (χ3v) is 7.62. The minimum absolute atomic E-state index is 0.0125. The first-order valence-electron chi connectivity index (χ1n) is 12.3. The summed E-state index contributed by atoms with van der Waals surface area (Å²) in [6, 6.07) is 12.4. The Labute approximate surface area is 198 Å². The highest BCUT2D eigenvalue weighted by Crippen LogP contribution is 2.34. The second-order valence-electron chi connectivity index (χ2n) is 9.93. The number of carbonyl (C=O) groups is 1. The predicted molar refractivity (Wildman–Crippen MR) is 134 cm³/mol. The summed E-state index contributed by atoms with van der Waals surface area (Å²) in [6.45, 7) is 10.9. The number of aromatic nitrogens is 1. The summed E-state index contributed by atoms with van der Waals surface area (Å²) in [7, 11) is 2.17. The van der Waals surface area contributed by atoms with Gasteiger partial charge in [0.1, 0.15) is 5.60 Å². The zero-order valence-corrected chi connectivity index (χ0v) is 20.5. The van der Waals surface area contributed by atoms with E-state index in [0.29, 0.717) is 18.7 Å². The van der Waals surface area contributed by atoms with Gasteiger partial charge in [0.2, 0.25) is 5.91 Å². The monoisotopic (exact) mass is 450 g/mol. The smallest absolute Gasteiger partial charge is 0.230 e. The van der Waals surface area contributed by atoms with Crippen molar-refractivity contribution in [1.82, 2.24) is 9.88 Å². The van der Waals surface area contributed by atoms with Crippen molar-refractivity contribution < 1.29 is 9.90 Å². The number of para-hydroxylation sites is 1. The molecule has 0 saturated carbocycles. The maximum atomic E-state index is 13.3. The van der Waals surface area contributed by atoms with Gasteiger partial charge >= 0.3 is 0 Å². The molecule has 4 rings (SSSR count). The van der Waals surface area contributed by atoms with E-state index in [-0.39, 0.29) is 17.7 Å². The molecule has 1 unspecified atom stereocenters. The van der Waals surface area contributed by atoms with Crippen LogP contribution in [0.1, 0.15) is 44.9 Å². The molecule has 2 aromatic rings. The van der Waals surface area contributed by atoms with Gasteiger partial charge in [-0.2, -0.15) is 0 Å². The minimum Gasteiger partial charge on any atom is -0.383 e. The predicted octanol–water partition coefficient (Wildman–Crippen LogP) is 3.68. The van der Waals surface area contributed by atoms with Gasteiger partial charge in [-0.05, 0) is 56.0 Å². The number of nitrogens with zero attached hydrogens (tertiary/aromatic N) is 4. The molecule has 33 heavy (non-hydrogen) atoms. The van der Waals surface area contributed by atoms with Crippen LogP contribution in [0.3, 0.4) is 0 Å². The lowest BCUT2D eigenvalue weighted by atomic mass is 9.84. The topological polar surface area (TPSA) is 59.9 Å². The number of aliphatic hydroxyl groups is 1. The highest BCUT2D eigenvalue weighted by Gasteiger charge is 2.35. The Bertz CT molecular complexity index is 953. The number of amides is 1. The van der Waals surface area contributed by atoms with Gasteiger partial charge in [-0.15, -0.1) is 0 Å². The Balaban J connectivity index is 1.46. The summed E-state index contributed by atoms with van der Waals surface area (Å²) in [5.41, 5.74) is 3.09. The molecule has 0 aliphatic carbocycles. The highest BCUT2D eigenvalue weighted by atomic mass is 16.3. The zero-order chi connectivity index (χ0) is 23.6. The van der Waals surface area contributed by atoms with Gasteiger partial charge in [-0.25, -0.2) is 0 Å². The number of piperazine rings is 1. The Kier molecular flexibility index (Phi) is 7.05. The molecule has 6 heteroatoms. The van der Waals surface area contributed by atoms with Crippen molar-refractivity contribution in [2.45, 2.75) is 45.6 Å². The van der Waals surface area contributed by atoms with Crippen LogP contribution in [-0.2, 0) is 16.8 Å². The molecule has 1 aromatic carbocycles. The van der Waals surface area contributed by atoms with Crippen LogP contribution in [0.4, 0.5) is 11.4 Å². The molecule has 1 amide bonds. The van der Waals surface area contributed by atoms with Crippen LogP contribution in [-0.4, -0.2) is 60.7 Å². The minimum atomic E-state index is -0.941. The Morgan fingerprint density at radius 2 is 1.82 bits per heavy atom. The van der Waals surface area contributed by atoms with E-state index in [1.165, 1.54) is 11.3 Å². The van der Waals surface area contributed by atoms with E-state index >= 15 is 0 Å². The average molecular weight is 451 g/mol. The van der Waals surface area contributed by atoms with Crippen LogP contribution >= 0.6 is 0 Å². The molecule has 1 aromatic heterocycles. The van der Waals surface area contributed by atoms with Gasteiger partial charge in [0.05, 0.1) is 17.6 Å². The number of pyridine rings is 1. The number of likely N-dealkylation sites (N-methyl/N-ethyl adjacent to an activating group) is 1. The Hall–Kier alpha value is -2.44. The first-order chi connectivity index (χ1) is 15.8. The van der Waals surface area contributed by atoms with Crippen molar-refractivity contribution in [3.05, 3.63) is 53.9 Å². The van der Waals surface area contributed by atoms with Gasteiger partial charge in [0.15, 0.2) is 0 Å².